The van der Waals surface area contributed by atoms with Crippen LogP contribution in [0.25, 0.3) is 0 Å². The number of carbonyl (C=O) groups excluding carboxylic acids is 1. The van der Waals surface area contributed by atoms with Gasteiger partial charge in [0.25, 0.3) is 0 Å². The van der Waals surface area contributed by atoms with Gasteiger partial charge in [-0.25, -0.2) is 8.42 Å². The van der Waals surface area contributed by atoms with Gasteiger partial charge >= 0.3 is 0 Å². The summed E-state index contributed by atoms with van der Waals surface area (Å²) >= 11 is 0. The quantitative estimate of drug-likeness (QED) is 0.872. The van der Waals surface area contributed by atoms with Crippen LogP contribution in [0.4, 0.5) is 5.69 Å². The van der Waals surface area contributed by atoms with Crippen molar-refractivity contribution in [1.82, 2.24) is 5.32 Å². The molecule has 0 spiro atoms. The van der Waals surface area contributed by atoms with Crippen LogP contribution < -0.4 is 9.62 Å². The van der Waals surface area contributed by atoms with Crippen molar-refractivity contribution in [2.45, 2.75) is 40.7 Å². The summed E-state index contributed by atoms with van der Waals surface area (Å²) in [5, 5.41) is 2.79. The molecule has 22 heavy (non-hydrogen) atoms. The van der Waals surface area contributed by atoms with E-state index >= 15 is 0 Å². The van der Waals surface area contributed by atoms with Crippen molar-refractivity contribution in [2.24, 2.45) is 5.92 Å². The minimum Gasteiger partial charge on any atom is -0.354 e. The summed E-state index contributed by atoms with van der Waals surface area (Å²) in [5.41, 5.74) is 2.43. The summed E-state index contributed by atoms with van der Waals surface area (Å²) in [7, 11) is -3.56. The van der Waals surface area contributed by atoms with E-state index in [2.05, 4.69) is 5.32 Å². The molecule has 0 saturated heterocycles. The number of sulfonamides is 1. The fourth-order valence-corrected chi connectivity index (χ4v) is 3.50. The van der Waals surface area contributed by atoms with Gasteiger partial charge in [0.2, 0.25) is 15.9 Å². The number of rotatable bonds is 6. The smallest absolute Gasteiger partial charge is 0.243 e. The highest BCUT2D eigenvalue weighted by atomic mass is 32.2. The van der Waals surface area contributed by atoms with E-state index in [1.165, 1.54) is 4.31 Å². The van der Waals surface area contributed by atoms with Gasteiger partial charge in [-0.3, -0.25) is 9.10 Å². The Morgan fingerprint density at radius 2 is 1.64 bits per heavy atom. The molecule has 0 bridgehead atoms. The highest BCUT2D eigenvalue weighted by Crippen LogP contribution is 2.23. The molecule has 0 aliphatic carbocycles. The molecule has 0 fully saturated rings. The van der Waals surface area contributed by atoms with Crippen LogP contribution in [0.5, 0.6) is 0 Å². The van der Waals surface area contributed by atoms with Crippen LogP contribution in [0.2, 0.25) is 0 Å². The highest BCUT2D eigenvalue weighted by molar-refractivity contribution is 7.92. The number of nitrogens with zero attached hydrogens (tertiary/aromatic N) is 1. The van der Waals surface area contributed by atoms with Crippen molar-refractivity contribution in [3.8, 4) is 0 Å². The van der Waals surface area contributed by atoms with Crippen molar-refractivity contribution in [1.29, 1.82) is 0 Å². The van der Waals surface area contributed by atoms with E-state index in [-0.39, 0.29) is 5.91 Å². The largest absolute Gasteiger partial charge is 0.354 e. The lowest BCUT2D eigenvalue weighted by Gasteiger charge is -2.29. The summed E-state index contributed by atoms with van der Waals surface area (Å²) in [6.07, 6.45) is 1.12. The van der Waals surface area contributed by atoms with Gasteiger partial charge in [0.1, 0.15) is 6.04 Å². The fourth-order valence-electron chi connectivity index (χ4n) is 2.34. The topological polar surface area (TPSA) is 66.5 Å². The number of amides is 1. The summed E-state index contributed by atoms with van der Waals surface area (Å²) in [6, 6.07) is 4.73. The Morgan fingerprint density at radius 3 is 2.05 bits per heavy atom. The van der Waals surface area contributed by atoms with Crippen LogP contribution in [-0.2, 0) is 14.8 Å². The van der Waals surface area contributed by atoms with Crippen LogP contribution in [0.1, 0.15) is 31.9 Å². The number of benzene rings is 1. The summed E-state index contributed by atoms with van der Waals surface area (Å²) < 4.78 is 25.6. The normalized spacial score (nSPS) is 13.0. The molecule has 1 aromatic rings. The maximum absolute atomic E-state index is 12.3. The molecule has 0 aliphatic heterocycles. The predicted octanol–water partition coefficient (Wildman–Crippen LogP) is 2.23. The van der Waals surface area contributed by atoms with Crippen molar-refractivity contribution in [2.75, 3.05) is 17.1 Å². The Morgan fingerprint density at radius 1 is 1.14 bits per heavy atom. The van der Waals surface area contributed by atoms with Crippen molar-refractivity contribution in [3.63, 3.8) is 0 Å². The highest BCUT2D eigenvalue weighted by Gasteiger charge is 2.29. The lowest BCUT2D eigenvalue weighted by molar-refractivity contribution is -0.121. The van der Waals surface area contributed by atoms with E-state index in [1.54, 1.807) is 19.1 Å². The molecule has 0 unspecified atom stereocenters. The Balaban J connectivity index is 3.16. The standard InChI is InChI=1S/C16H26N2O3S/c1-11(2)10-17-16(19)14(5)18(22(6,20)21)15-8-12(3)7-13(4)9-15/h7-9,11,14H,10H2,1-6H3,(H,17,19)/t14-/m0/s1. The SMILES string of the molecule is Cc1cc(C)cc(N([C@@H](C)C(=O)NCC(C)C)S(C)(=O)=O)c1. The monoisotopic (exact) mass is 326 g/mol. The molecule has 0 aromatic heterocycles. The van der Waals surface area contributed by atoms with E-state index in [1.807, 2.05) is 33.8 Å². The lowest BCUT2D eigenvalue weighted by atomic mass is 10.1. The molecule has 0 saturated carbocycles. The second kappa shape index (κ2) is 7.13. The summed E-state index contributed by atoms with van der Waals surface area (Å²) in [5.74, 6) is 0.0160. The zero-order chi connectivity index (χ0) is 17.1. The predicted molar refractivity (Wildman–Crippen MR) is 90.5 cm³/mol. The average Bonchev–Trinajstić information content (AvgIpc) is 2.32. The Hall–Kier alpha value is -1.56. The second-order valence-corrected chi connectivity index (χ2v) is 8.08. The molecule has 6 heteroatoms. The molecule has 1 atom stereocenters. The average molecular weight is 326 g/mol. The Bertz CT molecular complexity index is 619. The molecule has 0 aliphatic rings. The molecule has 124 valence electrons. The molecular formula is C16H26N2O3S. The van der Waals surface area contributed by atoms with Crippen LogP contribution in [0.3, 0.4) is 0 Å². The fraction of sp³-hybridized carbons (Fsp3) is 0.562. The van der Waals surface area contributed by atoms with Crippen LogP contribution >= 0.6 is 0 Å². The third-order valence-corrected chi connectivity index (χ3v) is 4.48. The number of nitrogens with one attached hydrogen (secondary N) is 1. The van der Waals surface area contributed by atoms with Crippen molar-refractivity contribution < 1.29 is 13.2 Å². The third kappa shape index (κ3) is 5.02. The minimum atomic E-state index is -3.56. The summed E-state index contributed by atoms with van der Waals surface area (Å²) in [6.45, 7) is 9.91. The summed E-state index contributed by atoms with van der Waals surface area (Å²) in [4.78, 5) is 12.3. The van der Waals surface area contributed by atoms with Gasteiger partial charge in [-0.1, -0.05) is 19.9 Å². The van der Waals surface area contributed by atoms with E-state index in [9.17, 15) is 13.2 Å². The number of hydrogen-bond acceptors (Lipinski definition) is 3. The lowest BCUT2D eigenvalue weighted by Crippen LogP contribution is -2.48. The van der Waals surface area contributed by atoms with Crippen LogP contribution in [-0.4, -0.2) is 33.2 Å². The number of carbonyl (C=O) groups is 1. The van der Waals surface area contributed by atoms with Crippen LogP contribution in [0.15, 0.2) is 18.2 Å². The van der Waals surface area contributed by atoms with Gasteiger partial charge in [0.05, 0.1) is 11.9 Å². The molecule has 5 nitrogen and oxygen atoms in total. The number of anilines is 1. The third-order valence-electron chi connectivity index (χ3n) is 3.23. The Kier molecular flexibility index (Phi) is 6.00. The first-order chi connectivity index (χ1) is 10.0. The maximum Gasteiger partial charge on any atom is 0.243 e. The first-order valence-corrected chi connectivity index (χ1v) is 9.22. The Labute approximate surface area is 133 Å². The minimum absolute atomic E-state index is 0.293. The van der Waals surface area contributed by atoms with Gasteiger partial charge < -0.3 is 5.32 Å². The van der Waals surface area contributed by atoms with Gasteiger partial charge in [-0.15, -0.1) is 0 Å². The van der Waals surface area contributed by atoms with Crippen molar-refractivity contribution in [3.05, 3.63) is 29.3 Å². The molecule has 1 N–H and O–H groups in total. The zero-order valence-corrected chi connectivity index (χ0v) is 15.0. The molecular weight excluding hydrogens is 300 g/mol. The first kappa shape index (κ1) is 18.5. The molecule has 1 amide bonds. The maximum atomic E-state index is 12.3. The van der Waals surface area contributed by atoms with Gasteiger partial charge in [0, 0.05) is 6.54 Å². The molecule has 1 aromatic carbocycles. The van der Waals surface area contributed by atoms with E-state index in [0.29, 0.717) is 18.2 Å². The second-order valence-electron chi connectivity index (χ2n) is 6.22. The molecule has 1 rings (SSSR count). The van der Waals surface area contributed by atoms with E-state index < -0.39 is 16.1 Å². The van der Waals surface area contributed by atoms with Gasteiger partial charge in [-0.05, 0) is 49.9 Å². The van der Waals surface area contributed by atoms with Crippen molar-refractivity contribution >= 4 is 21.6 Å². The zero-order valence-electron chi connectivity index (χ0n) is 14.2. The first-order valence-electron chi connectivity index (χ1n) is 7.37. The van der Waals surface area contributed by atoms with E-state index in [4.69, 9.17) is 0 Å². The molecule has 0 radical (unpaired) electrons. The molecule has 0 heterocycles. The van der Waals surface area contributed by atoms with Gasteiger partial charge in [0.15, 0.2) is 0 Å². The number of aryl methyl sites for hydroxylation is 2. The van der Waals surface area contributed by atoms with Crippen LogP contribution in [0, 0.1) is 19.8 Å². The van der Waals surface area contributed by atoms with Gasteiger partial charge in [-0.2, -0.15) is 0 Å². The number of hydrogen-bond donors (Lipinski definition) is 1. The van der Waals surface area contributed by atoms with E-state index in [0.717, 1.165) is 17.4 Å².